The maximum atomic E-state index is 12.8. The van der Waals surface area contributed by atoms with Crippen molar-refractivity contribution >= 4 is 16.9 Å². The van der Waals surface area contributed by atoms with Crippen LogP contribution in [0.15, 0.2) is 41.6 Å². The number of fused-ring (bicyclic) bond motifs is 1. The zero-order chi connectivity index (χ0) is 18.8. The van der Waals surface area contributed by atoms with Gasteiger partial charge in [-0.25, -0.2) is 9.67 Å². The molecular formula is C20H23N5O2. The molecule has 4 rings (SSSR count). The van der Waals surface area contributed by atoms with Gasteiger partial charge in [0.05, 0.1) is 11.9 Å². The molecule has 0 bridgehead atoms. The number of hydrogen-bond acceptors (Lipinski definition) is 4. The van der Waals surface area contributed by atoms with Gasteiger partial charge in [0.1, 0.15) is 18.3 Å². The Hall–Kier alpha value is -2.96. The van der Waals surface area contributed by atoms with E-state index >= 15 is 0 Å². The summed E-state index contributed by atoms with van der Waals surface area (Å²) in [6.45, 7) is 1.97. The van der Waals surface area contributed by atoms with Crippen molar-refractivity contribution in [1.82, 2.24) is 24.6 Å². The maximum absolute atomic E-state index is 12.8. The summed E-state index contributed by atoms with van der Waals surface area (Å²) in [6, 6.07) is 8.02. The second kappa shape index (κ2) is 7.34. The number of para-hydroxylation sites is 1. The largest absolute Gasteiger partial charge is 0.352 e. The molecule has 1 saturated carbocycles. The first-order valence-corrected chi connectivity index (χ1v) is 9.42. The van der Waals surface area contributed by atoms with E-state index in [-0.39, 0.29) is 24.1 Å². The Morgan fingerprint density at radius 2 is 2.00 bits per heavy atom. The molecule has 0 unspecified atom stereocenters. The molecule has 0 radical (unpaired) electrons. The Morgan fingerprint density at radius 1 is 1.22 bits per heavy atom. The van der Waals surface area contributed by atoms with Gasteiger partial charge in [-0.1, -0.05) is 37.5 Å². The zero-order valence-electron chi connectivity index (χ0n) is 15.4. The molecule has 3 aromatic rings. The number of carbonyl (C=O) groups excluding carboxylic acids is 1. The van der Waals surface area contributed by atoms with Crippen LogP contribution in [0.25, 0.3) is 16.7 Å². The van der Waals surface area contributed by atoms with Gasteiger partial charge < -0.3 is 5.32 Å². The fraction of sp³-hybridized carbons (Fsp3) is 0.400. The summed E-state index contributed by atoms with van der Waals surface area (Å²) >= 11 is 0. The lowest BCUT2D eigenvalue weighted by molar-refractivity contribution is -0.122. The van der Waals surface area contributed by atoms with Gasteiger partial charge in [0.2, 0.25) is 5.91 Å². The van der Waals surface area contributed by atoms with E-state index in [1.54, 1.807) is 4.68 Å². The average Bonchev–Trinajstić information content (AvgIpc) is 3.10. The Balaban J connectivity index is 1.59. The Kier molecular flexibility index (Phi) is 4.75. The number of benzene rings is 1. The van der Waals surface area contributed by atoms with E-state index in [4.69, 9.17) is 0 Å². The molecule has 2 heterocycles. The van der Waals surface area contributed by atoms with Crippen molar-refractivity contribution in [2.24, 2.45) is 0 Å². The molecule has 1 aliphatic rings. The van der Waals surface area contributed by atoms with Crippen LogP contribution in [-0.2, 0) is 11.3 Å². The Morgan fingerprint density at radius 3 is 2.78 bits per heavy atom. The lowest BCUT2D eigenvalue weighted by Gasteiger charge is -2.22. The number of amides is 1. The van der Waals surface area contributed by atoms with Crippen LogP contribution in [0.5, 0.6) is 0 Å². The van der Waals surface area contributed by atoms with Crippen LogP contribution in [0.4, 0.5) is 0 Å². The number of rotatable bonds is 4. The Bertz CT molecular complexity index is 1030. The molecule has 2 aromatic heterocycles. The summed E-state index contributed by atoms with van der Waals surface area (Å²) in [5, 5.41) is 7.78. The standard InChI is InChI=1S/C20H23N5O2/c1-14-7-5-6-10-17(14)25-19-16(11-22-25)20(27)24(13-21-19)12-18(26)23-15-8-3-2-4-9-15/h5-7,10-11,13,15H,2-4,8-9,12H2,1H3,(H,23,26). The maximum Gasteiger partial charge on any atom is 0.264 e. The second-order valence-corrected chi connectivity index (χ2v) is 7.16. The van der Waals surface area contributed by atoms with E-state index in [1.807, 2.05) is 31.2 Å². The van der Waals surface area contributed by atoms with Crippen molar-refractivity contribution in [3.63, 3.8) is 0 Å². The van der Waals surface area contributed by atoms with E-state index in [0.717, 1.165) is 36.9 Å². The molecule has 0 saturated heterocycles. The van der Waals surface area contributed by atoms with E-state index in [1.165, 1.54) is 23.5 Å². The zero-order valence-corrected chi connectivity index (χ0v) is 15.4. The fourth-order valence-electron chi connectivity index (χ4n) is 3.71. The van der Waals surface area contributed by atoms with Crippen molar-refractivity contribution in [2.45, 2.75) is 51.6 Å². The molecule has 7 heteroatoms. The second-order valence-electron chi connectivity index (χ2n) is 7.16. The third-order valence-electron chi connectivity index (χ3n) is 5.18. The van der Waals surface area contributed by atoms with Crippen LogP contribution in [-0.4, -0.2) is 31.3 Å². The highest BCUT2D eigenvalue weighted by atomic mass is 16.2. The van der Waals surface area contributed by atoms with Crippen molar-refractivity contribution in [3.8, 4) is 5.69 Å². The van der Waals surface area contributed by atoms with Gasteiger partial charge in [-0.15, -0.1) is 0 Å². The van der Waals surface area contributed by atoms with Crippen molar-refractivity contribution < 1.29 is 4.79 Å². The third kappa shape index (κ3) is 3.49. The summed E-state index contributed by atoms with van der Waals surface area (Å²) in [7, 11) is 0. The van der Waals surface area contributed by atoms with Gasteiger partial charge in [0.25, 0.3) is 5.56 Å². The van der Waals surface area contributed by atoms with Crippen LogP contribution in [0.2, 0.25) is 0 Å². The first-order chi connectivity index (χ1) is 13.1. The van der Waals surface area contributed by atoms with Crippen molar-refractivity contribution in [3.05, 3.63) is 52.7 Å². The summed E-state index contributed by atoms with van der Waals surface area (Å²) in [6.07, 6.45) is 8.51. The summed E-state index contributed by atoms with van der Waals surface area (Å²) in [4.78, 5) is 29.5. The molecule has 1 fully saturated rings. The van der Waals surface area contributed by atoms with E-state index in [2.05, 4.69) is 15.4 Å². The number of aromatic nitrogens is 4. The predicted octanol–water partition coefficient (Wildman–Crippen LogP) is 2.34. The minimum absolute atomic E-state index is 0.0200. The van der Waals surface area contributed by atoms with Gasteiger partial charge in [0.15, 0.2) is 5.65 Å². The first kappa shape index (κ1) is 17.5. The van der Waals surface area contributed by atoms with Gasteiger partial charge in [-0.3, -0.25) is 14.2 Å². The van der Waals surface area contributed by atoms with Gasteiger partial charge in [-0.2, -0.15) is 5.10 Å². The molecular weight excluding hydrogens is 342 g/mol. The monoisotopic (exact) mass is 365 g/mol. The number of aryl methyl sites for hydroxylation is 1. The number of nitrogens with one attached hydrogen (secondary N) is 1. The van der Waals surface area contributed by atoms with Crippen molar-refractivity contribution in [1.29, 1.82) is 0 Å². The number of carbonyl (C=O) groups is 1. The van der Waals surface area contributed by atoms with Gasteiger partial charge in [0, 0.05) is 6.04 Å². The molecule has 0 aliphatic heterocycles. The number of nitrogens with zero attached hydrogens (tertiary/aromatic N) is 4. The minimum Gasteiger partial charge on any atom is -0.352 e. The smallest absolute Gasteiger partial charge is 0.264 e. The molecule has 140 valence electrons. The van der Waals surface area contributed by atoms with Gasteiger partial charge in [-0.05, 0) is 31.4 Å². The summed E-state index contributed by atoms with van der Waals surface area (Å²) in [5.74, 6) is -0.142. The van der Waals surface area contributed by atoms with Gasteiger partial charge >= 0.3 is 0 Å². The lowest BCUT2D eigenvalue weighted by atomic mass is 9.95. The highest BCUT2D eigenvalue weighted by Crippen LogP contribution is 2.18. The topological polar surface area (TPSA) is 81.8 Å². The Labute approximate surface area is 157 Å². The highest BCUT2D eigenvalue weighted by molar-refractivity contribution is 5.78. The molecule has 1 N–H and O–H groups in total. The molecule has 0 atom stereocenters. The SMILES string of the molecule is Cc1ccccc1-n1ncc2c(=O)n(CC(=O)NC3CCCCC3)cnc21. The van der Waals surface area contributed by atoms with Crippen LogP contribution < -0.4 is 10.9 Å². The van der Waals surface area contributed by atoms with E-state index < -0.39 is 0 Å². The first-order valence-electron chi connectivity index (χ1n) is 9.42. The van der Waals surface area contributed by atoms with E-state index in [9.17, 15) is 9.59 Å². The quantitative estimate of drug-likeness (QED) is 0.769. The normalized spacial score (nSPS) is 15.1. The molecule has 27 heavy (non-hydrogen) atoms. The third-order valence-corrected chi connectivity index (χ3v) is 5.18. The van der Waals surface area contributed by atoms with E-state index in [0.29, 0.717) is 11.0 Å². The summed E-state index contributed by atoms with van der Waals surface area (Å²) < 4.78 is 3.02. The van der Waals surface area contributed by atoms with Crippen molar-refractivity contribution in [2.75, 3.05) is 0 Å². The van der Waals surface area contributed by atoms with Crippen LogP contribution in [0.1, 0.15) is 37.7 Å². The molecule has 1 aromatic carbocycles. The minimum atomic E-state index is -0.251. The molecule has 1 aliphatic carbocycles. The van der Waals surface area contributed by atoms with Crippen LogP contribution >= 0.6 is 0 Å². The van der Waals surface area contributed by atoms with Crippen LogP contribution in [0, 0.1) is 6.92 Å². The molecule has 0 spiro atoms. The van der Waals surface area contributed by atoms with Crippen LogP contribution in [0.3, 0.4) is 0 Å². The average molecular weight is 365 g/mol. The molecule has 7 nitrogen and oxygen atoms in total. The number of hydrogen-bond donors (Lipinski definition) is 1. The fourth-order valence-corrected chi connectivity index (χ4v) is 3.71. The summed E-state index contributed by atoms with van der Waals surface area (Å²) in [5.41, 5.74) is 2.17. The lowest BCUT2D eigenvalue weighted by Crippen LogP contribution is -2.39. The predicted molar refractivity (Wildman–Crippen MR) is 103 cm³/mol. The molecule has 1 amide bonds. The highest BCUT2D eigenvalue weighted by Gasteiger charge is 2.17.